The molecular weight excluding hydrogens is 360 g/mol. The minimum atomic E-state index is -0.0257. The third kappa shape index (κ3) is 3.34. The number of carbonyl (C=O) groups excluding carboxylic acids is 1. The summed E-state index contributed by atoms with van der Waals surface area (Å²) >= 11 is 11.0. The molecule has 2 aromatic rings. The van der Waals surface area contributed by atoms with E-state index in [4.69, 9.17) is 17.3 Å². The van der Waals surface area contributed by atoms with Crippen LogP contribution >= 0.6 is 38.9 Å². The summed E-state index contributed by atoms with van der Waals surface area (Å²) < 4.78 is 0.983. The van der Waals surface area contributed by atoms with Gasteiger partial charge in [0, 0.05) is 24.3 Å². The van der Waals surface area contributed by atoms with Gasteiger partial charge in [0.2, 0.25) is 0 Å². The van der Waals surface area contributed by atoms with Crippen molar-refractivity contribution < 1.29 is 4.79 Å². The largest absolute Gasteiger partial charge is 0.399 e. The monoisotopic (exact) mass is 372 g/mol. The molecule has 3 nitrogen and oxygen atoms in total. The predicted octanol–water partition coefficient (Wildman–Crippen LogP) is 4.33. The van der Waals surface area contributed by atoms with Gasteiger partial charge >= 0.3 is 0 Å². The van der Waals surface area contributed by atoms with Crippen LogP contribution in [0.1, 0.15) is 20.8 Å². The van der Waals surface area contributed by atoms with Crippen LogP contribution < -0.4 is 5.73 Å². The Labute approximate surface area is 135 Å². The molecule has 2 N–H and O–H groups in total. The maximum Gasteiger partial charge on any atom is 0.264 e. The van der Waals surface area contributed by atoms with E-state index in [0.29, 0.717) is 22.1 Å². The number of amides is 1. The van der Waals surface area contributed by atoms with Crippen molar-refractivity contribution in [3.05, 3.63) is 49.1 Å². The summed E-state index contributed by atoms with van der Waals surface area (Å²) in [7, 11) is 1.75. The van der Waals surface area contributed by atoms with Crippen LogP contribution in [0.15, 0.2) is 28.1 Å². The molecule has 1 aromatic heterocycles. The van der Waals surface area contributed by atoms with Gasteiger partial charge in [-0.15, -0.1) is 11.3 Å². The molecule has 0 spiro atoms. The zero-order valence-electron chi connectivity index (χ0n) is 11.1. The van der Waals surface area contributed by atoms with Crippen LogP contribution in [0.2, 0.25) is 5.02 Å². The molecule has 0 aliphatic rings. The lowest BCUT2D eigenvalue weighted by Crippen LogP contribution is -2.25. The lowest BCUT2D eigenvalue weighted by molar-refractivity contribution is 0.0790. The molecule has 2 rings (SSSR count). The molecule has 0 saturated heterocycles. The van der Waals surface area contributed by atoms with Gasteiger partial charge in [-0.25, -0.2) is 0 Å². The van der Waals surface area contributed by atoms with Crippen LogP contribution in [-0.2, 0) is 6.54 Å². The summed E-state index contributed by atoms with van der Waals surface area (Å²) in [4.78, 5) is 14.7. The van der Waals surface area contributed by atoms with E-state index in [1.165, 1.54) is 11.3 Å². The molecule has 20 heavy (non-hydrogen) atoms. The fourth-order valence-corrected chi connectivity index (χ4v) is 3.50. The van der Waals surface area contributed by atoms with Crippen molar-refractivity contribution in [2.24, 2.45) is 0 Å². The van der Waals surface area contributed by atoms with Gasteiger partial charge in [-0.3, -0.25) is 4.79 Å². The molecule has 1 aromatic carbocycles. The van der Waals surface area contributed by atoms with Gasteiger partial charge < -0.3 is 10.6 Å². The molecule has 1 heterocycles. The molecule has 0 unspecified atom stereocenters. The zero-order valence-corrected chi connectivity index (χ0v) is 14.3. The first kappa shape index (κ1) is 15.4. The highest BCUT2D eigenvalue weighted by molar-refractivity contribution is 9.11. The van der Waals surface area contributed by atoms with Crippen LogP contribution in [0.25, 0.3) is 0 Å². The molecule has 0 aliphatic carbocycles. The normalized spacial score (nSPS) is 10.6. The van der Waals surface area contributed by atoms with Crippen molar-refractivity contribution in [1.29, 1.82) is 0 Å². The second-order valence-electron chi connectivity index (χ2n) is 4.58. The van der Waals surface area contributed by atoms with E-state index in [1.807, 2.05) is 13.0 Å². The predicted molar refractivity (Wildman–Crippen MR) is 88.4 cm³/mol. The van der Waals surface area contributed by atoms with Gasteiger partial charge in [-0.1, -0.05) is 11.6 Å². The fraction of sp³-hybridized carbons (Fsp3) is 0.214. The molecule has 6 heteroatoms. The number of nitrogens with two attached hydrogens (primary N) is 1. The van der Waals surface area contributed by atoms with Gasteiger partial charge in [0.15, 0.2) is 0 Å². The number of aryl methyl sites for hydroxylation is 1. The highest BCUT2D eigenvalue weighted by atomic mass is 79.9. The van der Waals surface area contributed by atoms with Crippen LogP contribution in [-0.4, -0.2) is 17.9 Å². The summed E-state index contributed by atoms with van der Waals surface area (Å²) in [5.41, 5.74) is 8.29. The molecule has 0 bridgehead atoms. The van der Waals surface area contributed by atoms with Gasteiger partial charge in [-0.2, -0.15) is 0 Å². The third-order valence-corrected chi connectivity index (χ3v) is 5.39. The van der Waals surface area contributed by atoms with Crippen molar-refractivity contribution >= 4 is 50.5 Å². The number of benzene rings is 1. The average molecular weight is 374 g/mol. The van der Waals surface area contributed by atoms with Crippen molar-refractivity contribution in [3.8, 4) is 0 Å². The first-order valence-electron chi connectivity index (χ1n) is 5.93. The quantitative estimate of drug-likeness (QED) is 0.814. The summed E-state index contributed by atoms with van der Waals surface area (Å²) in [5, 5.41) is 0.613. The van der Waals surface area contributed by atoms with E-state index >= 15 is 0 Å². The highest BCUT2D eigenvalue weighted by Gasteiger charge is 2.16. The maximum atomic E-state index is 12.4. The minimum absolute atomic E-state index is 0.0257. The molecule has 106 valence electrons. The Morgan fingerprint density at radius 1 is 1.45 bits per heavy atom. The topological polar surface area (TPSA) is 46.3 Å². The van der Waals surface area contributed by atoms with E-state index in [9.17, 15) is 4.79 Å². The SMILES string of the molecule is Cc1cc(C(=O)N(C)Cc2cc(N)ccc2Cl)sc1Br. The van der Waals surface area contributed by atoms with E-state index < -0.39 is 0 Å². The summed E-state index contributed by atoms with van der Waals surface area (Å²) in [6.45, 7) is 2.39. The van der Waals surface area contributed by atoms with E-state index in [2.05, 4.69) is 15.9 Å². The number of anilines is 1. The Hall–Kier alpha value is -1.04. The Morgan fingerprint density at radius 2 is 2.15 bits per heavy atom. The minimum Gasteiger partial charge on any atom is -0.399 e. The Bertz CT molecular complexity index is 637. The van der Waals surface area contributed by atoms with Crippen molar-refractivity contribution in [2.45, 2.75) is 13.5 Å². The second-order valence-corrected chi connectivity index (χ2v) is 7.36. The number of nitrogens with zero attached hydrogens (tertiary/aromatic N) is 1. The van der Waals surface area contributed by atoms with Crippen molar-refractivity contribution in [3.63, 3.8) is 0 Å². The molecule has 0 aliphatic heterocycles. The zero-order chi connectivity index (χ0) is 14.9. The Balaban J connectivity index is 2.17. The van der Waals surface area contributed by atoms with Gasteiger partial charge in [-0.05, 0) is 58.2 Å². The standard InChI is InChI=1S/C14H14BrClN2OS/c1-8-5-12(20-13(8)15)14(19)18(2)7-9-6-10(17)3-4-11(9)16/h3-6H,7,17H2,1-2H3. The molecule has 0 radical (unpaired) electrons. The number of carbonyl (C=O) groups is 1. The lowest BCUT2D eigenvalue weighted by Gasteiger charge is -2.17. The fourth-order valence-electron chi connectivity index (χ4n) is 1.80. The molecular formula is C14H14BrClN2OS. The summed E-state index contributed by atoms with van der Waals surface area (Å²) in [6.07, 6.45) is 0. The number of rotatable bonds is 3. The average Bonchev–Trinajstić information content (AvgIpc) is 2.73. The van der Waals surface area contributed by atoms with Crippen LogP contribution in [0.4, 0.5) is 5.69 Å². The second kappa shape index (κ2) is 6.16. The smallest absolute Gasteiger partial charge is 0.264 e. The van der Waals surface area contributed by atoms with Gasteiger partial charge in [0.05, 0.1) is 8.66 Å². The van der Waals surface area contributed by atoms with Crippen molar-refractivity contribution in [1.82, 2.24) is 4.90 Å². The third-order valence-electron chi connectivity index (χ3n) is 2.89. The summed E-state index contributed by atoms with van der Waals surface area (Å²) in [5.74, 6) is -0.0257. The van der Waals surface area contributed by atoms with Crippen LogP contribution in [0, 0.1) is 6.92 Å². The molecule has 0 atom stereocenters. The molecule has 1 amide bonds. The van der Waals surface area contributed by atoms with Crippen LogP contribution in [0.5, 0.6) is 0 Å². The number of thiophene rings is 1. The van der Waals surface area contributed by atoms with Crippen molar-refractivity contribution in [2.75, 3.05) is 12.8 Å². The molecule has 0 saturated carbocycles. The van der Waals surface area contributed by atoms with Crippen LogP contribution in [0.3, 0.4) is 0 Å². The first-order chi connectivity index (χ1) is 9.38. The summed E-state index contributed by atoms with van der Waals surface area (Å²) in [6, 6.07) is 7.17. The first-order valence-corrected chi connectivity index (χ1v) is 7.92. The molecule has 0 fully saturated rings. The van der Waals surface area contributed by atoms with Gasteiger partial charge in [0.25, 0.3) is 5.91 Å². The van der Waals surface area contributed by atoms with E-state index in [-0.39, 0.29) is 5.91 Å². The highest BCUT2D eigenvalue weighted by Crippen LogP contribution is 2.28. The van der Waals surface area contributed by atoms with Gasteiger partial charge in [0.1, 0.15) is 0 Å². The number of hydrogen-bond donors (Lipinski definition) is 1. The number of halogens is 2. The van der Waals surface area contributed by atoms with E-state index in [1.54, 1.807) is 30.1 Å². The lowest BCUT2D eigenvalue weighted by atomic mass is 10.2. The number of nitrogen functional groups attached to an aromatic ring is 1. The number of hydrogen-bond acceptors (Lipinski definition) is 3. The Morgan fingerprint density at radius 3 is 2.75 bits per heavy atom. The van der Waals surface area contributed by atoms with E-state index in [0.717, 1.165) is 14.9 Å². The Kier molecular flexibility index (Phi) is 4.73. The maximum absolute atomic E-state index is 12.4.